The molecule has 2 N–H and O–H groups in total. The number of carbonyl (C=O) groups excluding carboxylic acids is 3. The van der Waals surface area contributed by atoms with Crippen LogP contribution in [0.2, 0.25) is 0 Å². The third-order valence-corrected chi connectivity index (χ3v) is 7.10. The minimum absolute atomic E-state index is 0.0825. The Morgan fingerprint density at radius 3 is 2.58 bits per heavy atom. The number of hydrogen-bond acceptors (Lipinski definition) is 6. The van der Waals surface area contributed by atoms with Crippen molar-refractivity contribution in [1.82, 2.24) is 20.0 Å². The lowest BCUT2D eigenvalue weighted by molar-refractivity contribution is -0.133. The highest BCUT2D eigenvalue weighted by Crippen LogP contribution is 2.31. The van der Waals surface area contributed by atoms with Crippen LogP contribution in [0.3, 0.4) is 0 Å². The Balaban J connectivity index is 1.61. The van der Waals surface area contributed by atoms with E-state index in [9.17, 15) is 14.4 Å². The third kappa shape index (κ3) is 4.89. The Hall–Kier alpha value is -3.56. The molecule has 10 nitrogen and oxygen atoms in total. The molecule has 0 spiro atoms. The number of nitrogens with one attached hydrogen (secondary N) is 2. The number of methoxy groups -OCH3 is 2. The van der Waals surface area contributed by atoms with Gasteiger partial charge in [-0.25, -0.2) is 0 Å². The molecular formula is C26H35N5O5. The van der Waals surface area contributed by atoms with Gasteiger partial charge in [-0.2, -0.15) is 5.10 Å². The molecule has 10 heteroatoms. The number of ether oxygens (including phenoxy) is 2. The lowest BCUT2D eigenvalue weighted by Crippen LogP contribution is -2.65. The molecule has 3 amide bonds. The number of fused-ring (bicyclic) bond motifs is 1. The van der Waals surface area contributed by atoms with Gasteiger partial charge in [0.2, 0.25) is 5.91 Å². The topological polar surface area (TPSA) is 115 Å². The molecule has 36 heavy (non-hydrogen) atoms. The van der Waals surface area contributed by atoms with Crippen LogP contribution in [0.25, 0.3) is 0 Å². The smallest absolute Gasteiger partial charge is 0.276 e. The summed E-state index contributed by atoms with van der Waals surface area (Å²) < 4.78 is 12.1. The third-order valence-electron chi connectivity index (χ3n) is 7.10. The maximum atomic E-state index is 13.6. The van der Waals surface area contributed by atoms with Crippen LogP contribution < -0.4 is 20.1 Å². The van der Waals surface area contributed by atoms with Crippen LogP contribution >= 0.6 is 0 Å². The molecule has 1 atom stereocenters. The van der Waals surface area contributed by atoms with Gasteiger partial charge in [-0.15, -0.1) is 0 Å². The van der Waals surface area contributed by atoms with Crippen LogP contribution in [0, 0.1) is 0 Å². The van der Waals surface area contributed by atoms with Gasteiger partial charge in [-0.05, 0) is 38.3 Å². The first-order valence-corrected chi connectivity index (χ1v) is 12.5. The number of unbranched alkanes of at least 4 members (excludes halogenated alkanes) is 1. The van der Waals surface area contributed by atoms with Crippen LogP contribution in [-0.2, 0) is 11.3 Å². The van der Waals surface area contributed by atoms with Gasteiger partial charge < -0.3 is 25.0 Å². The SMILES string of the molecule is CCCCN1C(=O)c2cc(C(=O)Nc3cc(OC)ccc3OC)nn2C[C@@]1(C)C(=O)NC1CCCC1. The first kappa shape index (κ1) is 25.5. The average molecular weight is 498 g/mol. The van der Waals surface area contributed by atoms with Crippen LogP contribution in [0.5, 0.6) is 11.5 Å². The highest BCUT2D eigenvalue weighted by molar-refractivity contribution is 6.06. The number of benzene rings is 1. The van der Waals surface area contributed by atoms with Crippen molar-refractivity contribution in [3.63, 3.8) is 0 Å². The number of nitrogens with zero attached hydrogens (tertiary/aromatic N) is 3. The van der Waals surface area contributed by atoms with E-state index in [4.69, 9.17) is 9.47 Å². The number of amides is 3. The molecule has 0 unspecified atom stereocenters. The second-order valence-electron chi connectivity index (χ2n) is 9.63. The molecule has 1 aliphatic carbocycles. The van der Waals surface area contributed by atoms with Crippen molar-refractivity contribution >= 4 is 23.4 Å². The van der Waals surface area contributed by atoms with E-state index >= 15 is 0 Å². The lowest BCUT2D eigenvalue weighted by Gasteiger charge is -2.43. The van der Waals surface area contributed by atoms with Crippen molar-refractivity contribution in [2.24, 2.45) is 0 Å². The van der Waals surface area contributed by atoms with E-state index in [2.05, 4.69) is 15.7 Å². The van der Waals surface area contributed by atoms with Crippen LogP contribution in [0.1, 0.15) is 73.3 Å². The maximum Gasteiger partial charge on any atom is 0.276 e. The Kier molecular flexibility index (Phi) is 7.51. The van der Waals surface area contributed by atoms with Crippen molar-refractivity contribution in [2.75, 3.05) is 26.1 Å². The average Bonchev–Trinajstić information content (AvgIpc) is 3.54. The van der Waals surface area contributed by atoms with Crippen molar-refractivity contribution in [1.29, 1.82) is 0 Å². The Labute approximate surface area is 211 Å². The first-order valence-electron chi connectivity index (χ1n) is 12.5. The summed E-state index contributed by atoms with van der Waals surface area (Å²) in [6.45, 7) is 4.46. The van der Waals surface area contributed by atoms with Crippen molar-refractivity contribution < 1.29 is 23.9 Å². The van der Waals surface area contributed by atoms with Crippen molar-refractivity contribution in [3.05, 3.63) is 35.7 Å². The van der Waals surface area contributed by atoms with Gasteiger partial charge in [0.1, 0.15) is 22.7 Å². The number of aromatic nitrogens is 2. The summed E-state index contributed by atoms with van der Waals surface area (Å²) in [6.07, 6.45) is 5.76. The largest absolute Gasteiger partial charge is 0.497 e. The molecule has 2 aromatic rings. The molecule has 194 valence electrons. The fraction of sp³-hybridized carbons (Fsp3) is 0.538. The van der Waals surface area contributed by atoms with Gasteiger partial charge >= 0.3 is 0 Å². The van der Waals surface area contributed by atoms with Gasteiger partial charge in [0.15, 0.2) is 5.69 Å². The van der Waals surface area contributed by atoms with E-state index in [1.165, 1.54) is 25.0 Å². The quantitative estimate of drug-likeness (QED) is 0.550. The van der Waals surface area contributed by atoms with E-state index in [0.29, 0.717) is 29.4 Å². The summed E-state index contributed by atoms with van der Waals surface area (Å²) in [5.74, 6) is 0.0528. The van der Waals surface area contributed by atoms with Gasteiger partial charge in [0, 0.05) is 24.7 Å². The normalized spacial score (nSPS) is 19.7. The molecule has 1 saturated carbocycles. The molecule has 0 bridgehead atoms. The lowest BCUT2D eigenvalue weighted by atomic mass is 9.94. The van der Waals surface area contributed by atoms with Gasteiger partial charge in [-0.3, -0.25) is 19.1 Å². The zero-order valence-electron chi connectivity index (χ0n) is 21.4. The van der Waals surface area contributed by atoms with Crippen LogP contribution in [0.15, 0.2) is 24.3 Å². The fourth-order valence-corrected chi connectivity index (χ4v) is 4.93. The molecule has 2 heterocycles. The second-order valence-corrected chi connectivity index (χ2v) is 9.63. The second kappa shape index (κ2) is 10.6. The molecule has 2 aliphatic rings. The highest BCUT2D eigenvalue weighted by Gasteiger charge is 2.48. The molecular weight excluding hydrogens is 462 g/mol. The maximum absolute atomic E-state index is 13.6. The number of anilines is 1. The molecule has 0 saturated heterocycles. The Morgan fingerprint density at radius 1 is 1.17 bits per heavy atom. The summed E-state index contributed by atoms with van der Waals surface area (Å²) in [6, 6.07) is 6.68. The summed E-state index contributed by atoms with van der Waals surface area (Å²) >= 11 is 0. The summed E-state index contributed by atoms with van der Waals surface area (Å²) in [4.78, 5) is 41.8. The monoisotopic (exact) mass is 497 g/mol. The number of hydrogen-bond donors (Lipinski definition) is 2. The summed E-state index contributed by atoms with van der Waals surface area (Å²) in [5, 5.41) is 10.4. The van der Waals surface area contributed by atoms with Crippen LogP contribution in [-0.4, -0.2) is 64.7 Å². The molecule has 1 fully saturated rings. The van der Waals surface area contributed by atoms with E-state index in [0.717, 1.165) is 38.5 Å². The first-order chi connectivity index (χ1) is 17.3. The van der Waals surface area contributed by atoms with Crippen LogP contribution in [0.4, 0.5) is 5.69 Å². The van der Waals surface area contributed by atoms with Gasteiger partial charge in [-0.1, -0.05) is 26.2 Å². The summed E-state index contributed by atoms with van der Waals surface area (Å²) in [7, 11) is 3.04. The predicted octanol–water partition coefficient (Wildman–Crippen LogP) is 3.23. The van der Waals surface area contributed by atoms with E-state index < -0.39 is 11.4 Å². The molecule has 1 aromatic carbocycles. The zero-order chi connectivity index (χ0) is 25.9. The standard InChI is InChI=1S/C26H35N5O5/c1-5-6-13-30-24(33)21-15-20(23(32)28-19-14-18(35-3)11-12-22(19)36-4)29-31(21)16-26(30,2)25(34)27-17-9-7-8-10-17/h11-12,14-15,17H,5-10,13,16H2,1-4H3,(H,27,34)(H,28,32)/t26-/m0/s1. The number of rotatable bonds is 9. The molecule has 1 aliphatic heterocycles. The van der Waals surface area contributed by atoms with E-state index in [-0.39, 0.29) is 30.1 Å². The zero-order valence-corrected chi connectivity index (χ0v) is 21.4. The molecule has 1 aromatic heterocycles. The van der Waals surface area contributed by atoms with Gasteiger partial charge in [0.05, 0.1) is 26.5 Å². The van der Waals surface area contributed by atoms with Gasteiger partial charge in [0.25, 0.3) is 11.8 Å². The van der Waals surface area contributed by atoms with E-state index in [1.807, 2.05) is 6.92 Å². The highest BCUT2D eigenvalue weighted by atomic mass is 16.5. The Morgan fingerprint density at radius 2 is 1.92 bits per heavy atom. The van der Waals surface area contributed by atoms with Crippen molar-refractivity contribution in [3.8, 4) is 11.5 Å². The minimum Gasteiger partial charge on any atom is -0.497 e. The Bertz CT molecular complexity index is 1140. The fourth-order valence-electron chi connectivity index (χ4n) is 4.93. The van der Waals surface area contributed by atoms with E-state index in [1.54, 1.807) is 30.0 Å². The molecule has 0 radical (unpaired) electrons. The summed E-state index contributed by atoms with van der Waals surface area (Å²) in [5.41, 5.74) is -0.305. The predicted molar refractivity (Wildman–Crippen MR) is 134 cm³/mol. The number of carbonyl (C=O) groups is 3. The van der Waals surface area contributed by atoms with Crippen molar-refractivity contribution in [2.45, 2.75) is 70.5 Å². The molecule has 4 rings (SSSR count). The minimum atomic E-state index is -1.10.